The molecule has 0 unspecified atom stereocenters. The Balaban J connectivity index is 3.26. The lowest BCUT2D eigenvalue weighted by molar-refractivity contribution is -0.398. The molecule has 13 heavy (non-hydrogen) atoms. The summed E-state index contributed by atoms with van der Waals surface area (Å²) in [4.78, 5) is 19.3. The van der Waals surface area contributed by atoms with Gasteiger partial charge >= 0.3 is 0 Å². The van der Waals surface area contributed by atoms with Crippen molar-refractivity contribution in [3.63, 3.8) is 0 Å². The van der Waals surface area contributed by atoms with Gasteiger partial charge in [0.1, 0.15) is 0 Å². The number of nitro benzene ring substituents is 2. The Kier molecular flexibility index (Phi) is 2.76. The number of hydrogen-bond acceptors (Lipinski definition) is 4. The van der Waals surface area contributed by atoms with Crippen LogP contribution in [0.4, 0.5) is 11.4 Å². The molecule has 0 aliphatic carbocycles. The summed E-state index contributed by atoms with van der Waals surface area (Å²) in [5, 5.41) is 20.6. The van der Waals surface area contributed by atoms with Crippen LogP contribution in [-0.2, 0) is 0 Å². The molecule has 1 aromatic carbocycles. The maximum Gasteiger partial charge on any atom is 0.297 e. The van der Waals surface area contributed by atoms with Crippen molar-refractivity contribution in [1.29, 1.82) is 0 Å². The van der Waals surface area contributed by atoms with Gasteiger partial charge < -0.3 is 0 Å². The number of hydrogen-bond donors (Lipinski definition) is 0. The average Bonchev–Trinajstić information content (AvgIpc) is 2.03. The molecule has 0 saturated carbocycles. The monoisotopic (exact) mass is 295 g/mol. The molecule has 0 aliphatic rings. The third-order valence-electron chi connectivity index (χ3n) is 1.30. The Labute approximate surface area is 86.0 Å². The molecule has 1 rings (SSSR count). The van der Waals surface area contributed by atoms with Gasteiger partial charge in [-0.3, -0.25) is 20.2 Å². The molecule has 0 fully saturated rings. The first kappa shape index (κ1) is 9.84. The number of non-ortho nitro benzene ring substituents is 2. The number of rotatable bonds is 2. The lowest BCUT2D eigenvalue weighted by Gasteiger charge is -1.90. The summed E-state index contributed by atoms with van der Waals surface area (Å²) in [5.74, 6) is 0. The highest BCUT2D eigenvalue weighted by atomic mass is 127. The number of nitro groups is 2. The normalized spacial score (nSPS) is 9.62. The van der Waals surface area contributed by atoms with Gasteiger partial charge in [0.05, 0.1) is 28.0 Å². The molecule has 6 nitrogen and oxygen atoms in total. The summed E-state index contributed by atoms with van der Waals surface area (Å²) in [5.41, 5.74) is -0.510. The first-order valence-corrected chi connectivity index (χ1v) is 4.28. The van der Waals surface area contributed by atoms with Crippen molar-refractivity contribution >= 4 is 11.4 Å². The van der Waals surface area contributed by atoms with Gasteiger partial charge in [0, 0.05) is 0 Å². The summed E-state index contributed by atoms with van der Waals surface area (Å²) in [7, 11) is 0. The third-order valence-corrected chi connectivity index (χ3v) is 1.97. The Bertz CT molecular complexity index is 347. The van der Waals surface area contributed by atoms with Crippen molar-refractivity contribution in [2.75, 3.05) is 0 Å². The van der Waals surface area contributed by atoms with E-state index in [4.69, 9.17) is 0 Å². The predicted molar refractivity (Wildman–Crippen MR) is 39.8 cm³/mol. The maximum atomic E-state index is 10.3. The van der Waals surface area contributed by atoms with Crippen LogP contribution in [0.1, 0.15) is 0 Å². The van der Waals surface area contributed by atoms with Gasteiger partial charge in [0.15, 0.2) is 3.57 Å². The highest BCUT2D eigenvalue weighted by Crippen LogP contribution is 2.18. The quantitative estimate of drug-likeness (QED) is 0.357. The van der Waals surface area contributed by atoms with Gasteiger partial charge in [-0.25, -0.2) is 0 Å². The van der Waals surface area contributed by atoms with Crippen molar-refractivity contribution in [2.24, 2.45) is 0 Å². The van der Waals surface area contributed by atoms with Crippen molar-refractivity contribution in [3.05, 3.63) is 42.0 Å². The zero-order valence-electron chi connectivity index (χ0n) is 6.17. The van der Waals surface area contributed by atoms with Gasteiger partial charge in [-0.15, -0.1) is 0 Å². The van der Waals surface area contributed by atoms with Crippen LogP contribution in [0.25, 0.3) is 0 Å². The molecular formula is C6H4IN2O4+. The molecule has 0 spiro atoms. The van der Waals surface area contributed by atoms with E-state index in [1.165, 1.54) is 34.7 Å². The van der Waals surface area contributed by atoms with Crippen LogP contribution in [0.5, 0.6) is 0 Å². The van der Waals surface area contributed by atoms with Gasteiger partial charge in [-0.1, -0.05) is 0 Å². The average molecular weight is 295 g/mol. The Hall–Kier alpha value is -1.25. The van der Waals surface area contributed by atoms with E-state index >= 15 is 0 Å². The molecule has 0 amide bonds. The number of benzene rings is 1. The maximum absolute atomic E-state index is 10.3. The summed E-state index contributed by atoms with van der Waals surface area (Å²) in [6.07, 6.45) is 0. The minimum Gasteiger partial charge on any atom is -0.258 e. The molecule has 0 bridgehead atoms. The Morgan fingerprint density at radius 3 is 1.69 bits per heavy atom. The van der Waals surface area contributed by atoms with Crippen LogP contribution in [0, 0.1) is 23.8 Å². The molecule has 0 radical (unpaired) electrons. The third kappa shape index (κ3) is 2.34. The number of nitrogens with zero attached hydrogens (tertiary/aromatic N) is 2. The second-order valence-corrected chi connectivity index (χ2v) is 3.54. The SMILES string of the molecule is O=[N+]([O-])c1cc([IH+])cc([N+](=O)[O-])c1. The molecule has 0 atom stereocenters. The number of halogens is 1. The fourth-order valence-corrected chi connectivity index (χ4v) is 1.47. The van der Waals surface area contributed by atoms with Crippen LogP contribution in [0.3, 0.4) is 0 Å². The summed E-state index contributed by atoms with van der Waals surface area (Å²) < 4.78 is 0.511. The van der Waals surface area contributed by atoms with Crippen molar-refractivity contribution < 1.29 is 32.4 Å². The zero-order valence-corrected chi connectivity index (χ0v) is 8.50. The Morgan fingerprint density at radius 1 is 1.00 bits per heavy atom. The Morgan fingerprint density at radius 2 is 1.38 bits per heavy atom. The smallest absolute Gasteiger partial charge is 0.258 e. The van der Waals surface area contributed by atoms with Gasteiger partial charge in [0.2, 0.25) is 0 Å². The summed E-state index contributed by atoms with van der Waals surface area (Å²) >= 11 is 1.50. The van der Waals surface area contributed by atoms with Crippen molar-refractivity contribution in [3.8, 4) is 0 Å². The standard InChI is InChI=1S/C6H4IN2O4/c7-4-1-5(8(10)11)3-6(2-4)9(12)13/h1-3,7H/q+1. The topological polar surface area (TPSA) is 86.3 Å². The van der Waals surface area contributed by atoms with E-state index in [1.807, 2.05) is 0 Å². The van der Waals surface area contributed by atoms with Crippen LogP contribution in [-0.4, -0.2) is 9.85 Å². The van der Waals surface area contributed by atoms with Crippen molar-refractivity contribution in [1.82, 2.24) is 0 Å². The predicted octanol–water partition coefficient (Wildman–Crippen LogP) is -2.04. The van der Waals surface area contributed by atoms with Crippen LogP contribution < -0.4 is 22.6 Å². The second kappa shape index (κ2) is 3.64. The van der Waals surface area contributed by atoms with Crippen LogP contribution in [0.2, 0.25) is 0 Å². The fourth-order valence-electron chi connectivity index (χ4n) is 0.779. The second-order valence-electron chi connectivity index (χ2n) is 2.20. The summed E-state index contributed by atoms with van der Waals surface area (Å²) in [6, 6.07) is 3.52. The largest absolute Gasteiger partial charge is 0.297 e. The minimum atomic E-state index is -0.651. The molecule has 0 aromatic heterocycles. The van der Waals surface area contributed by atoms with Crippen LogP contribution in [0.15, 0.2) is 18.2 Å². The van der Waals surface area contributed by atoms with E-state index in [9.17, 15) is 20.2 Å². The van der Waals surface area contributed by atoms with E-state index in [0.717, 1.165) is 6.07 Å². The van der Waals surface area contributed by atoms with Gasteiger partial charge in [0.25, 0.3) is 34.0 Å². The van der Waals surface area contributed by atoms with E-state index in [-0.39, 0.29) is 11.4 Å². The molecule has 68 valence electrons. The lowest BCUT2D eigenvalue weighted by Crippen LogP contribution is -3.34. The van der Waals surface area contributed by atoms with E-state index in [0.29, 0.717) is 3.57 Å². The lowest BCUT2D eigenvalue weighted by atomic mass is 10.3. The highest BCUT2D eigenvalue weighted by Gasteiger charge is 2.17. The molecule has 0 saturated heterocycles. The highest BCUT2D eigenvalue weighted by molar-refractivity contribution is 5.41. The molecule has 1 aromatic rings. The molecule has 0 heterocycles. The molecular weight excluding hydrogens is 291 g/mol. The van der Waals surface area contributed by atoms with Crippen molar-refractivity contribution in [2.45, 2.75) is 0 Å². The fraction of sp³-hybridized carbons (Fsp3) is 0. The summed E-state index contributed by atoms with van der Waals surface area (Å²) in [6.45, 7) is 0. The first-order valence-electron chi connectivity index (χ1n) is 3.11. The van der Waals surface area contributed by atoms with E-state index in [1.54, 1.807) is 0 Å². The molecule has 7 heteroatoms. The first-order chi connectivity index (χ1) is 6.00. The van der Waals surface area contributed by atoms with Gasteiger partial charge in [-0.2, -0.15) is 0 Å². The molecule has 0 aliphatic heterocycles. The minimum absolute atomic E-state index is 0.255. The van der Waals surface area contributed by atoms with Gasteiger partial charge in [-0.05, 0) is 0 Å². The van der Waals surface area contributed by atoms with E-state index in [2.05, 4.69) is 0 Å². The van der Waals surface area contributed by atoms with Crippen LogP contribution >= 0.6 is 0 Å². The molecule has 0 N–H and O–H groups in total. The zero-order chi connectivity index (χ0) is 10.0. The van der Waals surface area contributed by atoms with E-state index < -0.39 is 9.85 Å².